The van der Waals surface area contributed by atoms with Gasteiger partial charge in [0.2, 0.25) is 0 Å². The van der Waals surface area contributed by atoms with Crippen LogP contribution in [0.3, 0.4) is 0 Å². The van der Waals surface area contributed by atoms with Crippen LogP contribution in [0, 0.1) is 6.92 Å². The summed E-state index contributed by atoms with van der Waals surface area (Å²) in [6, 6.07) is 35.6. The van der Waals surface area contributed by atoms with Crippen LogP contribution in [0.25, 0.3) is 60.5 Å². The lowest BCUT2D eigenvalue weighted by Crippen LogP contribution is -1.95. The van der Waals surface area contributed by atoms with Crippen molar-refractivity contribution in [2.75, 3.05) is 0 Å². The van der Waals surface area contributed by atoms with Crippen LogP contribution < -0.4 is 0 Å². The van der Waals surface area contributed by atoms with Crippen LogP contribution in [0.5, 0.6) is 0 Å². The van der Waals surface area contributed by atoms with Gasteiger partial charge in [0.1, 0.15) is 0 Å². The monoisotopic (exact) mass is 381 g/mol. The molecule has 0 atom stereocenters. The van der Waals surface area contributed by atoms with E-state index in [1.165, 1.54) is 66.1 Å². The van der Waals surface area contributed by atoms with Gasteiger partial charge in [-0.15, -0.1) is 0 Å². The van der Waals surface area contributed by atoms with Crippen molar-refractivity contribution >= 4 is 32.6 Å². The molecular formula is C29H19N. The highest BCUT2D eigenvalue weighted by Gasteiger charge is 2.26. The quantitative estimate of drug-likeness (QED) is 0.272. The molecule has 140 valence electrons. The molecule has 0 aliphatic heterocycles. The normalized spacial score (nSPS) is 12.2. The average molecular weight is 381 g/mol. The Balaban J connectivity index is 1.73. The zero-order chi connectivity index (χ0) is 19.8. The summed E-state index contributed by atoms with van der Waals surface area (Å²) in [5.74, 6) is 0. The van der Waals surface area contributed by atoms with E-state index < -0.39 is 0 Å². The molecule has 0 saturated heterocycles. The molecule has 0 fully saturated rings. The van der Waals surface area contributed by atoms with E-state index in [-0.39, 0.29) is 0 Å². The Bertz CT molecular complexity index is 1630. The number of hydrogen-bond acceptors (Lipinski definition) is 0. The summed E-state index contributed by atoms with van der Waals surface area (Å²) in [7, 11) is 0. The Hall–Kier alpha value is -3.84. The van der Waals surface area contributed by atoms with E-state index in [0.717, 1.165) is 0 Å². The van der Waals surface area contributed by atoms with Crippen molar-refractivity contribution in [1.82, 2.24) is 4.57 Å². The van der Waals surface area contributed by atoms with Gasteiger partial charge in [0.05, 0.1) is 11.0 Å². The van der Waals surface area contributed by atoms with Gasteiger partial charge in [-0.1, -0.05) is 84.4 Å². The summed E-state index contributed by atoms with van der Waals surface area (Å²) in [6.07, 6.45) is 0. The van der Waals surface area contributed by atoms with E-state index in [1.54, 1.807) is 0 Å². The van der Waals surface area contributed by atoms with Crippen LogP contribution in [0.15, 0.2) is 97.1 Å². The molecule has 0 spiro atoms. The number of nitrogens with zero attached hydrogens (tertiary/aromatic N) is 1. The Kier molecular flexibility index (Phi) is 2.99. The van der Waals surface area contributed by atoms with E-state index >= 15 is 0 Å². The van der Waals surface area contributed by atoms with Gasteiger partial charge in [-0.25, -0.2) is 0 Å². The molecule has 0 radical (unpaired) electrons. The lowest BCUT2D eigenvalue weighted by molar-refractivity contribution is 1.18. The lowest BCUT2D eigenvalue weighted by atomic mass is 10.0. The molecular weight excluding hydrogens is 362 g/mol. The summed E-state index contributed by atoms with van der Waals surface area (Å²) in [4.78, 5) is 0. The van der Waals surface area contributed by atoms with Crippen LogP contribution in [-0.2, 0) is 0 Å². The molecule has 0 unspecified atom stereocenters. The maximum absolute atomic E-state index is 2.45. The van der Waals surface area contributed by atoms with Gasteiger partial charge >= 0.3 is 0 Å². The van der Waals surface area contributed by atoms with Crippen LogP contribution in [0.4, 0.5) is 0 Å². The fraction of sp³-hybridized carbons (Fsp3) is 0.0345. The third kappa shape index (κ3) is 1.92. The smallest absolute Gasteiger partial charge is 0.0625 e. The first kappa shape index (κ1) is 16.0. The SMILES string of the molecule is Cc1ccc(-n2c3ccccc3c3ccc4c(c32)-c2cccc3cccc-4c23)cc1. The standard InChI is InChI=1S/C29H19N/c1-18-12-14-20(15-13-18)30-26-11-3-2-8-21(26)24-17-16-23-22-9-4-6-19-7-5-10-25(27(19)22)28(23)29(24)30/h2-17H,1H3. The second-order valence-electron chi connectivity index (χ2n) is 8.28. The molecule has 5 aromatic carbocycles. The van der Waals surface area contributed by atoms with Gasteiger partial charge in [-0.2, -0.15) is 0 Å². The largest absolute Gasteiger partial charge is 0.309 e. The predicted octanol–water partition coefficient (Wildman–Crippen LogP) is 7.89. The van der Waals surface area contributed by atoms with Gasteiger partial charge < -0.3 is 4.57 Å². The second-order valence-corrected chi connectivity index (χ2v) is 8.28. The van der Waals surface area contributed by atoms with Crippen LogP contribution in [-0.4, -0.2) is 4.57 Å². The molecule has 0 saturated carbocycles. The predicted molar refractivity (Wildman–Crippen MR) is 127 cm³/mol. The topological polar surface area (TPSA) is 4.93 Å². The number of fused-ring (bicyclic) bond motifs is 7. The molecule has 1 nitrogen and oxygen atoms in total. The van der Waals surface area contributed by atoms with Gasteiger partial charge in [0.15, 0.2) is 0 Å². The third-order valence-electron chi connectivity index (χ3n) is 6.59. The fourth-order valence-corrected chi connectivity index (χ4v) is 5.29. The Labute approximate surface area is 174 Å². The molecule has 1 aromatic heterocycles. The Morgan fingerprint density at radius 1 is 0.567 bits per heavy atom. The molecule has 1 heteroatoms. The Morgan fingerprint density at radius 3 is 2.17 bits per heavy atom. The highest BCUT2D eigenvalue weighted by atomic mass is 15.0. The number of aryl methyl sites for hydroxylation is 1. The van der Waals surface area contributed by atoms with E-state index in [4.69, 9.17) is 0 Å². The van der Waals surface area contributed by atoms with Crippen molar-refractivity contribution in [3.63, 3.8) is 0 Å². The molecule has 0 bridgehead atoms. The molecule has 0 N–H and O–H groups in total. The maximum Gasteiger partial charge on any atom is 0.0625 e. The highest BCUT2D eigenvalue weighted by molar-refractivity contribution is 6.24. The lowest BCUT2D eigenvalue weighted by Gasteiger charge is -2.12. The first-order chi connectivity index (χ1) is 14.8. The average Bonchev–Trinajstić information content (AvgIpc) is 3.30. The van der Waals surface area contributed by atoms with Gasteiger partial charge in [-0.05, 0) is 52.6 Å². The molecule has 0 amide bonds. The minimum atomic E-state index is 1.21. The molecule has 6 aromatic rings. The van der Waals surface area contributed by atoms with Crippen molar-refractivity contribution in [3.8, 4) is 27.9 Å². The number of benzene rings is 5. The highest BCUT2D eigenvalue weighted by Crippen LogP contribution is 2.51. The van der Waals surface area contributed by atoms with Crippen LogP contribution in [0.2, 0.25) is 0 Å². The first-order valence-electron chi connectivity index (χ1n) is 10.5. The molecule has 1 aliphatic carbocycles. The van der Waals surface area contributed by atoms with Gasteiger partial charge in [0, 0.05) is 22.0 Å². The van der Waals surface area contributed by atoms with E-state index in [1.807, 2.05) is 0 Å². The van der Waals surface area contributed by atoms with Crippen molar-refractivity contribution < 1.29 is 0 Å². The summed E-state index contributed by atoms with van der Waals surface area (Å²) < 4.78 is 2.45. The summed E-state index contributed by atoms with van der Waals surface area (Å²) in [6.45, 7) is 2.14. The summed E-state index contributed by atoms with van der Waals surface area (Å²) >= 11 is 0. The van der Waals surface area contributed by atoms with Crippen LogP contribution in [0.1, 0.15) is 5.56 Å². The van der Waals surface area contributed by atoms with Crippen molar-refractivity contribution in [3.05, 3.63) is 103 Å². The number of para-hydroxylation sites is 1. The second kappa shape index (κ2) is 5.61. The van der Waals surface area contributed by atoms with E-state index in [0.29, 0.717) is 0 Å². The summed E-state index contributed by atoms with van der Waals surface area (Å²) in [5, 5.41) is 5.31. The maximum atomic E-state index is 2.45. The van der Waals surface area contributed by atoms with Crippen molar-refractivity contribution in [2.45, 2.75) is 6.92 Å². The van der Waals surface area contributed by atoms with Crippen LogP contribution >= 0.6 is 0 Å². The molecule has 1 heterocycles. The minimum Gasteiger partial charge on any atom is -0.309 e. The molecule has 30 heavy (non-hydrogen) atoms. The Morgan fingerprint density at radius 2 is 1.33 bits per heavy atom. The summed E-state index contributed by atoms with van der Waals surface area (Å²) in [5.41, 5.74) is 10.4. The number of hydrogen-bond donors (Lipinski definition) is 0. The van der Waals surface area contributed by atoms with E-state index in [9.17, 15) is 0 Å². The fourth-order valence-electron chi connectivity index (χ4n) is 5.29. The zero-order valence-corrected chi connectivity index (χ0v) is 16.7. The molecule has 7 rings (SSSR count). The van der Waals surface area contributed by atoms with Gasteiger partial charge in [0.25, 0.3) is 0 Å². The first-order valence-corrected chi connectivity index (χ1v) is 10.5. The van der Waals surface area contributed by atoms with Crippen molar-refractivity contribution in [1.29, 1.82) is 0 Å². The number of rotatable bonds is 1. The number of aromatic nitrogens is 1. The minimum absolute atomic E-state index is 1.21. The van der Waals surface area contributed by atoms with E-state index in [2.05, 4.69) is 109 Å². The van der Waals surface area contributed by atoms with Crippen molar-refractivity contribution in [2.24, 2.45) is 0 Å². The zero-order valence-electron chi connectivity index (χ0n) is 16.7. The third-order valence-corrected chi connectivity index (χ3v) is 6.59. The van der Waals surface area contributed by atoms with Gasteiger partial charge in [-0.3, -0.25) is 0 Å². The molecule has 1 aliphatic rings.